The Morgan fingerprint density at radius 1 is 1.16 bits per heavy atom. The molecule has 1 aliphatic rings. The lowest BCUT2D eigenvalue weighted by molar-refractivity contribution is -0.122. The van der Waals surface area contributed by atoms with Gasteiger partial charge in [-0.2, -0.15) is 0 Å². The highest BCUT2D eigenvalue weighted by atomic mass is 32.1. The van der Waals surface area contributed by atoms with Crippen molar-refractivity contribution < 1.29 is 14.3 Å². The molecule has 31 heavy (non-hydrogen) atoms. The van der Waals surface area contributed by atoms with Gasteiger partial charge in [-0.3, -0.25) is 14.0 Å². The van der Waals surface area contributed by atoms with Gasteiger partial charge in [-0.1, -0.05) is 30.3 Å². The lowest BCUT2D eigenvalue weighted by Crippen LogP contribution is -2.28. The Bertz CT molecular complexity index is 1250. The predicted octanol–water partition coefficient (Wildman–Crippen LogP) is 4.06. The van der Waals surface area contributed by atoms with E-state index in [9.17, 15) is 9.59 Å². The van der Waals surface area contributed by atoms with E-state index in [4.69, 9.17) is 9.72 Å². The fourth-order valence-corrected chi connectivity index (χ4v) is 4.53. The summed E-state index contributed by atoms with van der Waals surface area (Å²) in [5.74, 6) is 0.654. The van der Waals surface area contributed by atoms with Crippen LogP contribution in [0.1, 0.15) is 6.42 Å². The molecule has 5 rings (SSSR count). The average Bonchev–Trinajstić information content (AvgIpc) is 3.50. The van der Waals surface area contributed by atoms with E-state index in [1.54, 1.807) is 12.0 Å². The van der Waals surface area contributed by atoms with Crippen LogP contribution in [-0.4, -0.2) is 34.9 Å². The van der Waals surface area contributed by atoms with Gasteiger partial charge in [-0.05, 0) is 24.3 Å². The quantitative estimate of drug-likeness (QED) is 0.516. The second-order valence-corrected chi connectivity index (χ2v) is 8.20. The number of imidazole rings is 1. The van der Waals surface area contributed by atoms with Crippen molar-refractivity contribution in [3.63, 3.8) is 0 Å². The zero-order valence-corrected chi connectivity index (χ0v) is 17.6. The van der Waals surface area contributed by atoms with Gasteiger partial charge < -0.3 is 15.0 Å². The third-order valence-corrected chi connectivity index (χ3v) is 6.19. The number of nitrogens with zero attached hydrogens (tertiary/aromatic N) is 3. The Balaban J connectivity index is 1.39. The molecule has 4 aromatic rings. The van der Waals surface area contributed by atoms with Gasteiger partial charge in [0.05, 0.1) is 13.0 Å². The van der Waals surface area contributed by atoms with Gasteiger partial charge in [-0.15, -0.1) is 11.3 Å². The number of rotatable bonds is 5. The molecule has 7 nitrogen and oxygen atoms in total. The molecule has 1 aliphatic heterocycles. The first-order valence-electron chi connectivity index (χ1n) is 9.90. The highest BCUT2D eigenvalue weighted by molar-refractivity contribution is 7.15. The van der Waals surface area contributed by atoms with Gasteiger partial charge in [0.2, 0.25) is 11.8 Å². The lowest BCUT2D eigenvalue weighted by atomic mass is 10.1. The standard InChI is InChI=1S/C23H20N4O3S/c1-30-18-9-7-17(8-10-18)27-14-16(13-19(27)28)22(29)25-21-20(15-5-3-2-4-6-15)24-23-26(21)11-12-31-23/h2-12,16H,13-14H2,1H3,(H,25,29). The normalized spacial score (nSPS) is 16.1. The van der Waals surface area contributed by atoms with Crippen LogP contribution < -0.4 is 15.0 Å². The number of hydrogen-bond acceptors (Lipinski definition) is 5. The van der Waals surface area contributed by atoms with Crippen LogP contribution in [0.5, 0.6) is 5.75 Å². The zero-order valence-electron chi connectivity index (χ0n) is 16.8. The first-order valence-corrected chi connectivity index (χ1v) is 10.8. The minimum Gasteiger partial charge on any atom is -0.497 e. The van der Waals surface area contributed by atoms with Crippen molar-refractivity contribution in [1.82, 2.24) is 9.38 Å². The molecule has 1 unspecified atom stereocenters. The molecule has 2 aromatic heterocycles. The number of carbonyl (C=O) groups is 2. The monoisotopic (exact) mass is 432 g/mol. The lowest BCUT2D eigenvalue weighted by Gasteiger charge is -2.17. The summed E-state index contributed by atoms with van der Waals surface area (Å²) in [6.45, 7) is 0.337. The Kier molecular flexibility index (Phi) is 4.91. The van der Waals surface area contributed by atoms with Crippen molar-refractivity contribution in [2.24, 2.45) is 5.92 Å². The first kappa shape index (κ1) is 19.3. The second kappa shape index (κ2) is 7.88. The van der Waals surface area contributed by atoms with Crippen LogP contribution in [0.4, 0.5) is 11.5 Å². The summed E-state index contributed by atoms with van der Waals surface area (Å²) in [7, 11) is 1.60. The van der Waals surface area contributed by atoms with Crippen LogP contribution in [0.25, 0.3) is 16.2 Å². The van der Waals surface area contributed by atoms with Crippen molar-refractivity contribution >= 4 is 39.6 Å². The van der Waals surface area contributed by atoms with Gasteiger partial charge >= 0.3 is 0 Å². The number of fused-ring (bicyclic) bond motifs is 1. The molecule has 1 atom stereocenters. The van der Waals surface area contributed by atoms with E-state index in [1.807, 2.05) is 70.6 Å². The maximum atomic E-state index is 13.1. The number of anilines is 2. The molecule has 2 aromatic carbocycles. The molecule has 0 radical (unpaired) electrons. The number of carbonyl (C=O) groups excluding carboxylic acids is 2. The summed E-state index contributed by atoms with van der Waals surface area (Å²) >= 11 is 1.51. The van der Waals surface area contributed by atoms with Crippen LogP contribution >= 0.6 is 11.3 Å². The predicted molar refractivity (Wildman–Crippen MR) is 121 cm³/mol. The second-order valence-electron chi connectivity index (χ2n) is 7.32. The van der Waals surface area contributed by atoms with Crippen LogP contribution in [0.15, 0.2) is 66.2 Å². The summed E-state index contributed by atoms with van der Waals surface area (Å²) in [5, 5.41) is 4.97. The maximum Gasteiger partial charge on any atom is 0.230 e. The van der Waals surface area contributed by atoms with Crippen molar-refractivity contribution in [2.75, 3.05) is 23.9 Å². The molecule has 1 saturated heterocycles. The van der Waals surface area contributed by atoms with Crippen molar-refractivity contribution in [2.45, 2.75) is 6.42 Å². The smallest absolute Gasteiger partial charge is 0.230 e. The Morgan fingerprint density at radius 2 is 1.94 bits per heavy atom. The average molecular weight is 433 g/mol. The summed E-state index contributed by atoms with van der Waals surface area (Å²) in [4.78, 5) is 32.9. The molecule has 1 N–H and O–H groups in total. The summed E-state index contributed by atoms with van der Waals surface area (Å²) in [6.07, 6.45) is 2.06. The molecule has 1 fully saturated rings. The number of amides is 2. The minimum absolute atomic E-state index is 0.0671. The molecule has 2 amide bonds. The van der Waals surface area contributed by atoms with E-state index in [1.165, 1.54) is 11.3 Å². The minimum atomic E-state index is -0.442. The van der Waals surface area contributed by atoms with Gasteiger partial charge in [-0.25, -0.2) is 4.98 Å². The maximum absolute atomic E-state index is 13.1. The van der Waals surface area contributed by atoms with Crippen LogP contribution in [0, 0.1) is 5.92 Å². The van der Waals surface area contributed by atoms with Gasteiger partial charge in [0.15, 0.2) is 4.96 Å². The fraction of sp³-hybridized carbons (Fsp3) is 0.174. The SMILES string of the molecule is COc1ccc(N2CC(C(=O)Nc3c(-c4ccccc4)nc4sccn34)CC2=O)cc1. The molecule has 0 bridgehead atoms. The summed E-state index contributed by atoms with van der Waals surface area (Å²) < 4.78 is 7.06. The highest BCUT2D eigenvalue weighted by Gasteiger charge is 2.36. The molecular weight excluding hydrogens is 412 g/mol. The van der Waals surface area contributed by atoms with Crippen molar-refractivity contribution in [3.8, 4) is 17.0 Å². The molecule has 3 heterocycles. The number of methoxy groups -OCH3 is 1. The number of benzene rings is 2. The number of thiazole rings is 1. The van der Waals surface area contributed by atoms with E-state index in [2.05, 4.69) is 5.32 Å². The Hall–Kier alpha value is -3.65. The van der Waals surface area contributed by atoms with E-state index >= 15 is 0 Å². The van der Waals surface area contributed by atoms with E-state index in [-0.39, 0.29) is 18.2 Å². The van der Waals surface area contributed by atoms with E-state index < -0.39 is 5.92 Å². The number of nitrogens with one attached hydrogen (secondary N) is 1. The summed E-state index contributed by atoms with van der Waals surface area (Å²) in [6, 6.07) is 17.0. The molecule has 0 spiro atoms. The topological polar surface area (TPSA) is 75.9 Å². The van der Waals surface area contributed by atoms with Gasteiger partial charge in [0.1, 0.15) is 17.3 Å². The number of hydrogen-bond donors (Lipinski definition) is 1. The van der Waals surface area contributed by atoms with Crippen LogP contribution in [0.2, 0.25) is 0 Å². The molecule has 0 saturated carbocycles. The number of ether oxygens (including phenoxy) is 1. The third kappa shape index (κ3) is 3.55. The van der Waals surface area contributed by atoms with Crippen LogP contribution in [-0.2, 0) is 9.59 Å². The number of aromatic nitrogens is 2. The van der Waals surface area contributed by atoms with Gasteiger partial charge in [0, 0.05) is 35.8 Å². The van der Waals surface area contributed by atoms with Gasteiger partial charge in [0.25, 0.3) is 0 Å². The molecular formula is C23H20N4O3S. The first-order chi connectivity index (χ1) is 15.1. The Labute approximate surface area is 182 Å². The van der Waals surface area contributed by atoms with Crippen molar-refractivity contribution in [1.29, 1.82) is 0 Å². The summed E-state index contributed by atoms with van der Waals surface area (Å²) in [5.41, 5.74) is 2.41. The van der Waals surface area contributed by atoms with Crippen molar-refractivity contribution in [3.05, 3.63) is 66.2 Å². The zero-order chi connectivity index (χ0) is 21.4. The fourth-order valence-electron chi connectivity index (χ4n) is 3.82. The van der Waals surface area contributed by atoms with E-state index in [0.717, 1.165) is 27.7 Å². The third-order valence-electron chi connectivity index (χ3n) is 5.43. The van der Waals surface area contributed by atoms with E-state index in [0.29, 0.717) is 12.4 Å². The molecule has 8 heteroatoms. The Morgan fingerprint density at radius 3 is 2.68 bits per heavy atom. The molecule has 0 aliphatic carbocycles. The largest absolute Gasteiger partial charge is 0.497 e. The highest BCUT2D eigenvalue weighted by Crippen LogP contribution is 2.32. The molecule has 156 valence electrons. The van der Waals surface area contributed by atoms with Crippen LogP contribution in [0.3, 0.4) is 0 Å².